The molecular weight excluding hydrogens is 350 g/mol. The van der Waals surface area contributed by atoms with Crippen LogP contribution in [0.15, 0.2) is 36.4 Å². The molecule has 134 valence electrons. The molecule has 1 heterocycles. The second-order valence-corrected chi connectivity index (χ2v) is 7.39. The monoisotopic (exact) mass is 369 g/mol. The predicted octanol–water partition coefficient (Wildman–Crippen LogP) is 4.37. The zero-order valence-electron chi connectivity index (χ0n) is 14.8. The second kappa shape index (κ2) is 6.44. The molecule has 2 aliphatic rings. The summed E-state index contributed by atoms with van der Waals surface area (Å²) in [6.45, 7) is 2.62. The summed E-state index contributed by atoms with van der Waals surface area (Å²) in [6, 6.07) is 11.0. The predicted molar refractivity (Wildman–Crippen MR) is 99.7 cm³/mol. The molecule has 1 amide bonds. The summed E-state index contributed by atoms with van der Waals surface area (Å²) in [7, 11) is 1.40. The van der Waals surface area contributed by atoms with Gasteiger partial charge in [0.1, 0.15) is 0 Å². The molecular formula is C21H20ClNO3. The fourth-order valence-electron chi connectivity index (χ4n) is 4.39. The van der Waals surface area contributed by atoms with Gasteiger partial charge in [-0.2, -0.15) is 0 Å². The van der Waals surface area contributed by atoms with Crippen molar-refractivity contribution in [2.75, 3.05) is 13.7 Å². The highest BCUT2D eigenvalue weighted by molar-refractivity contribution is 6.33. The highest BCUT2D eigenvalue weighted by Crippen LogP contribution is 2.47. The molecule has 2 unspecified atom stereocenters. The van der Waals surface area contributed by atoms with Crippen LogP contribution in [0.4, 0.5) is 0 Å². The summed E-state index contributed by atoms with van der Waals surface area (Å²) in [5.41, 5.74) is 4.55. The highest BCUT2D eigenvalue weighted by atomic mass is 35.5. The summed E-state index contributed by atoms with van der Waals surface area (Å²) in [6.07, 6.45) is 1.78. The number of hydrogen-bond donors (Lipinski definition) is 0. The topological polar surface area (TPSA) is 46.6 Å². The third-order valence-electron chi connectivity index (χ3n) is 5.51. The Bertz CT molecular complexity index is 908. The average Bonchev–Trinajstić information content (AvgIpc) is 3.08. The van der Waals surface area contributed by atoms with Gasteiger partial charge in [0.25, 0.3) is 5.91 Å². The van der Waals surface area contributed by atoms with E-state index in [4.69, 9.17) is 16.3 Å². The fourth-order valence-corrected chi connectivity index (χ4v) is 4.60. The lowest BCUT2D eigenvalue weighted by Crippen LogP contribution is -2.41. The number of carbonyl (C=O) groups is 2. The largest absolute Gasteiger partial charge is 0.465 e. The first-order valence-corrected chi connectivity index (χ1v) is 9.20. The molecule has 0 fully saturated rings. The van der Waals surface area contributed by atoms with Gasteiger partial charge in [0, 0.05) is 6.54 Å². The number of esters is 1. The number of amides is 1. The van der Waals surface area contributed by atoms with Crippen LogP contribution in [-0.2, 0) is 11.2 Å². The van der Waals surface area contributed by atoms with E-state index in [1.54, 1.807) is 12.1 Å². The Morgan fingerprint density at radius 2 is 1.88 bits per heavy atom. The molecule has 0 bridgehead atoms. The van der Waals surface area contributed by atoms with Crippen molar-refractivity contribution in [2.24, 2.45) is 0 Å². The van der Waals surface area contributed by atoms with Gasteiger partial charge in [-0.1, -0.05) is 36.7 Å². The van der Waals surface area contributed by atoms with Crippen LogP contribution in [0.2, 0.25) is 5.02 Å². The SMILES string of the molecule is COC(=O)c1ccc2c3c1C(C)CN(C(=O)c1ccccc1Cl)C3CC2. The summed E-state index contributed by atoms with van der Waals surface area (Å²) >= 11 is 6.26. The number of halogens is 1. The molecule has 0 N–H and O–H groups in total. The maximum Gasteiger partial charge on any atom is 0.338 e. The molecule has 26 heavy (non-hydrogen) atoms. The number of hydrogen-bond acceptors (Lipinski definition) is 3. The second-order valence-electron chi connectivity index (χ2n) is 6.98. The van der Waals surface area contributed by atoms with Gasteiger partial charge >= 0.3 is 5.97 Å². The van der Waals surface area contributed by atoms with E-state index in [9.17, 15) is 9.59 Å². The Morgan fingerprint density at radius 1 is 1.12 bits per heavy atom. The van der Waals surface area contributed by atoms with Crippen LogP contribution >= 0.6 is 11.6 Å². The van der Waals surface area contributed by atoms with Gasteiger partial charge in [-0.05, 0) is 53.6 Å². The first kappa shape index (κ1) is 17.1. The summed E-state index contributed by atoms with van der Waals surface area (Å²) in [4.78, 5) is 27.3. The van der Waals surface area contributed by atoms with E-state index in [2.05, 4.69) is 6.92 Å². The van der Waals surface area contributed by atoms with Gasteiger partial charge in [0.15, 0.2) is 0 Å². The van der Waals surface area contributed by atoms with Gasteiger partial charge in [-0.25, -0.2) is 4.79 Å². The molecule has 0 saturated heterocycles. The number of methoxy groups -OCH3 is 1. The minimum atomic E-state index is -0.314. The molecule has 1 aliphatic carbocycles. The van der Waals surface area contributed by atoms with Gasteiger partial charge in [0.05, 0.1) is 29.3 Å². The zero-order chi connectivity index (χ0) is 18.4. The molecule has 1 aliphatic heterocycles. The Kier molecular flexibility index (Phi) is 4.23. The Morgan fingerprint density at radius 3 is 2.62 bits per heavy atom. The highest BCUT2D eigenvalue weighted by Gasteiger charge is 2.41. The molecule has 4 nitrogen and oxygen atoms in total. The Balaban J connectivity index is 1.80. The van der Waals surface area contributed by atoms with Crippen LogP contribution < -0.4 is 0 Å². The molecule has 0 saturated carbocycles. The first-order valence-electron chi connectivity index (χ1n) is 8.82. The standard InChI is InChI=1S/C21H20ClNO3/c1-12-11-23(20(24)14-5-3-4-6-16(14)22)17-10-8-13-7-9-15(21(25)26-2)18(12)19(13)17/h3-7,9,12,17H,8,10-11H2,1-2H3. The van der Waals surface area contributed by atoms with Crippen molar-refractivity contribution in [1.82, 2.24) is 4.90 Å². The number of nitrogens with zero attached hydrogens (tertiary/aromatic N) is 1. The normalized spacial score (nSPS) is 20.7. The lowest BCUT2D eigenvalue weighted by molar-refractivity contribution is 0.0594. The molecule has 2 atom stereocenters. The maximum atomic E-state index is 13.2. The fraction of sp³-hybridized carbons (Fsp3) is 0.333. The summed E-state index contributed by atoms with van der Waals surface area (Å²) < 4.78 is 4.97. The van der Waals surface area contributed by atoms with Gasteiger partial charge in [0.2, 0.25) is 0 Å². The molecule has 0 spiro atoms. The lowest BCUT2D eigenvalue weighted by atomic mass is 9.83. The molecule has 0 radical (unpaired) electrons. The van der Waals surface area contributed by atoms with E-state index < -0.39 is 0 Å². The van der Waals surface area contributed by atoms with Crippen molar-refractivity contribution < 1.29 is 14.3 Å². The smallest absolute Gasteiger partial charge is 0.338 e. The molecule has 2 aromatic rings. The number of benzene rings is 2. The van der Waals surface area contributed by atoms with Crippen LogP contribution in [0.5, 0.6) is 0 Å². The van der Waals surface area contributed by atoms with E-state index in [0.29, 0.717) is 22.7 Å². The maximum absolute atomic E-state index is 13.2. The van der Waals surface area contributed by atoms with Crippen LogP contribution in [0.3, 0.4) is 0 Å². The molecule has 0 aromatic heterocycles. The number of aryl methyl sites for hydroxylation is 1. The number of rotatable bonds is 2. The van der Waals surface area contributed by atoms with E-state index >= 15 is 0 Å². The third-order valence-corrected chi connectivity index (χ3v) is 5.84. The van der Waals surface area contributed by atoms with Crippen molar-refractivity contribution in [2.45, 2.75) is 31.7 Å². The van der Waals surface area contributed by atoms with Gasteiger partial charge in [-0.15, -0.1) is 0 Å². The van der Waals surface area contributed by atoms with Crippen LogP contribution in [-0.4, -0.2) is 30.4 Å². The van der Waals surface area contributed by atoms with Crippen LogP contribution in [0.25, 0.3) is 0 Å². The number of ether oxygens (including phenoxy) is 1. The van der Waals surface area contributed by atoms with Crippen molar-refractivity contribution in [3.05, 3.63) is 69.2 Å². The van der Waals surface area contributed by atoms with E-state index in [0.717, 1.165) is 24.0 Å². The zero-order valence-corrected chi connectivity index (χ0v) is 15.5. The summed E-state index contributed by atoms with van der Waals surface area (Å²) in [5.74, 6) is -0.305. The Hall–Kier alpha value is -2.33. The Labute approximate surface area is 157 Å². The third kappa shape index (κ3) is 2.52. The molecule has 5 heteroatoms. The van der Waals surface area contributed by atoms with Crippen molar-refractivity contribution in [1.29, 1.82) is 0 Å². The molecule has 2 aromatic carbocycles. The molecule has 4 rings (SSSR count). The first-order chi connectivity index (χ1) is 12.5. The van der Waals surface area contributed by atoms with Crippen LogP contribution in [0.1, 0.15) is 62.7 Å². The average molecular weight is 370 g/mol. The van der Waals surface area contributed by atoms with Crippen molar-refractivity contribution in [3.63, 3.8) is 0 Å². The van der Waals surface area contributed by atoms with E-state index in [-0.39, 0.29) is 23.8 Å². The van der Waals surface area contributed by atoms with Gasteiger partial charge < -0.3 is 9.64 Å². The minimum Gasteiger partial charge on any atom is -0.465 e. The lowest BCUT2D eigenvalue weighted by Gasteiger charge is -2.39. The van der Waals surface area contributed by atoms with Crippen molar-refractivity contribution in [3.8, 4) is 0 Å². The van der Waals surface area contributed by atoms with Crippen LogP contribution in [0, 0.1) is 0 Å². The number of carbonyl (C=O) groups excluding carboxylic acids is 2. The summed E-state index contributed by atoms with van der Waals surface area (Å²) in [5, 5.41) is 0.470. The van der Waals surface area contributed by atoms with Crippen molar-refractivity contribution >= 4 is 23.5 Å². The van der Waals surface area contributed by atoms with Gasteiger partial charge in [-0.3, -0.25) is 4.79 Å². The quantitative estimate of drug-likeness (QED) is 0.738. The van der Waals surface area contributed by atoms with E-state index in [1.165, 1.54) is 12.7 Å². The minimum absolute atomic E-state index is 0.00965. The van der Waals surface area contributed by atoms with E-state index in [1.807, 2.05) is 29.2 Å².